The van der Waals surface area contributed by atoms with Crippen molar-refractivity contribution in [3.8, 4) is 5.69 Å². The van der Waals surface area contributed by atoms with Crippen molar-refractivity contribution in [3.05, 3.63) is 72.6 Å². The van der Waals surface area contributed by atoms with Crippen molar-refractivity contribution in [2.45, 2.75) is 18.4 Å². The molecule has 0 aliphatic rings. The largest absolute Gasteiger partial charge is 0.351 e. The number of nitrogens with zero attached hydrogens (tertiary/aromatic N) is 3. The fourth-order valence-electron chi connectivity index (χ4n) is 2.91. The molecular weight excluding hydrogens is 437 g/mol. The van der Waals surface area contributed by atoms with Gasteiger partial charge in [0.2, 0.25) is 21.8 Å². The van der Waals surface area contributed by atoms with E-state index in [2.05, 4.69) is 15.6 Å². The Bertz CT molecular complexity index is 1210. The summed E-state index contributed by atoms with van der Waals surface area (Å²) in [5, 5.41) is 5.14. The molecule has 2 N–H and O–H groups in total. The quantitative estimate of drug-likeness (QED) is 0.534. The highest BCUT2D eigenvalue weighted by molar-refractivity contribution is 7.89. The molecule has 2 aromatic carbocycles. The normalized spacial score (nSPS) is 11.4. The number of halogens is 1. The van der Waals surface area contributed by atoms with Gasteiger partial charge < -0.3 is 15.2 Å². The van der Waals surface area contributed by atoms with Gasteiger partial charge in [0.05, 0.1) is 23.5 Å². The molecule has 2 amide bonds. The monoisotopic (exact) mass is 459 g/mol. The number of benzene rings is 2. The van der Waals surface area contributed by atoms with Crippen LogP contribution >= 0.6 is 0 Å². The van der Waals surface area contributed by atoms with E-state index < -0.39 is 28.3 Å². The summed E-state index contributed by atoms with van der Waals surface area (Å²) in [5.74, 6) is -1.28. The van der Waals surface area contributed by atoms with Crippen LogP contribution in [0, 0.1) is 5.82 Å². The number of likely N-dealkylation sites (N-methyl/N-ethyl adjacent to an activating group) is 1. The highest BCUT2D eigenvalue weighted by atomic mass is 32.2. The molecule has 168 valence electrons. The summed E-state index contributed by atoms with van der Waals surface area (Å²) in [6.45, 7) is 0.976. The number of amides is 2. The SMILES string of the molecule is CC(=O)Nc1ccc(S(=O)(=O)N(C)CC(=O)NCc2ccc(-n3ccnc3)c(F)c2)cc1. The first-order valence-electron chi connectivity index (χ1n) is 9.54. The molecule has 0 aliphatic heterocycles. The predicted molar refractivity (Wildman–Crippen MR) is 116 cm³/mol. The number of nitrogens with one attached hydrogen (secondary N) is 2. The molecular formula is C21H22FN5O4S. The molecule has 0 bridgehead atoms. The van der Waals surface area contributed by atoms with Gasteiger partial charge in [-0.3, -0.25) is 9.59 Å². The minimum Gasteiger partial charge on any atom is -0.351 e. The Labute approximate surface area is 184 Å². The Morgan fingerprint density at radius 3 is 2.47 bits per heavy atom. The van der Waals surface area contributed by atoms with E-state index in [4.69, 9.17) is 0 Å². The summed E-state index contributed by atoms with van der Waals surface area (Å²) in [6.07, 6.45) is 4.63. The van der Waals surface area contributed by atoms with Crippen molar-refractivity contribution in [1.82, 2.24) is 19.2 Å². The van der Waals surface area contributed by atoms with Gasteiger partial charge in [-0.05, 0) is 42.0 Å². The van der Waals surface area contributed by atoms with Crippen LogP contribution in [-0.4, -0.2) is 47.7 Å². The van der Waals surface area contributed by atoms with Gasteiger partial charge in [-0.2, -0.15) is 4.31 Å². The minimum absolute atomic E-state index is 0.0148. The third-order valence-corrected chi connectivity index (χ3v) is 6.35. The van der Waals surface area contributed by atoms with E-state index in [1.165, 1.54) is 61.4 Å². The molecule has 0 aliphatic carbocycles. The molecule has 3 aromatic rings. The van der Waals surface area contributed by atoms with Crippen LogP contribution in [0.3, 0.4) is 0 Å². The second-order valence-corrected chi connectivity index (χ2v) is 9.04. The van der Waals surface area contributed by atoms with E-state index in [1.54, 1.807) is 18.3 Å². The predicted octanol–water partition coefficient (Wildman–Crippen LogP) is 1.91. The molecule has 0 atom stereocenters. The van der Waals surface area contributed by atoms with Gasteiger partial charge in [0, 0.05) is 38.6 Å². The van der Waals surface area contributed by atoms with Gasteiger partial charge in [-0.1, -0.05) is 6.07 Å². The Hall–Kier alpha value is -3.57. The molecule has 0 saturated carbocycles. The number of sulfonamides is 1. The third kappa shape index (κ3) is 5.56. The van der Waals surface area contributed by atoms with Crippen molar-refractivity contribution in [1.29, 1.82) is 0 Å². The number of rotatable bonds is 8. The fourth-order valence-corrected chi connectivity index (χ4v) is 4.04. The summed E-state index contributed by atoms with van der Waals surface area (Å²) < 4.78 is 42.1. The number of carbonyl (C=O) groups is 2. The maximum atomic E-state index is 14.3. The molecule has 0 unspecified atom stereocenters. The molecule has 1 heterocycles. The van der Waals surface area contributed by atoms with Crippen LogP contribution in [0.15, 0.2) is 66.1 Å². The maximum Gasteiger partial charge on any atom is 0.243 e. The molecule has 3 rings (SSSR count). The first kappa shape index (κ1) is 23.1. The molecule has 11 heteroatoms. The van der Waals surface area contributed by atoms with E-state index in [0.717, 1.165) is 4.31 Å². The van der Waals surface area contributed by atoms with Crippen LogP contribution in [0.2, 0.25) is 0 Å². The molecule has 0 saturated heterocycles. The highest BCUT2D eigenvalue weighted by Gasteiger charge is 2.23. The Kier molecular flexibility index (Phi) is 7.01. The van der Waals surface area contributed by atoms with Crippen molar-refractivity contribution >= 4 is 27.5 Å². The van der Waals surface area contributed by atoms with Crippen LogP contribution in [0.4, 0.5) is 10.1 Å². The summed E-state index contributed by atoms with van der Waals surface area (Å²) in [5.41, 5.74) is 1.31. The van der Waals surface area contributed by atoms with Crippen molar-refractivity contribution in [3.63, 3.8) is 0 Å². The number of aromatic nitrogens is 2. The average molecular weight is 460 g/mol. The van der Waals surface area contributed by atoms with Crippen molar-refractivity contribution in [2.24, 2.45) is 0 Å². The van der Waals surface area contributed by atoms with E-state index >= 15 is 0 Å². The van der Waals surface area contributed by atoms with Crippen LogP contribution < -0.4 is 10.6 Å². The maximum absolute atomic E-state index is 14.3. The van der Waals surface area contributed by atoms with Crippen LogP contribution in [0.5, 0.6) is 0 Å². The Morgan fingerprint density at radius 1 is 1.16 bits per heavy atom. The van der Waals surface area contributed by atoms with E-state index in [9.17, 15) is 22.4 Å². The van der Waals surface area contributed by atoms with Crippen molar-refractivity contribution < 1.29 is 22.4 Å². The van der Waals surface area contributed by atoms with Gasteiger partial charge in [0.25, 0.3) is 0 Å². The van der Waals surface area contributed by atoms with E-state index in [-0.39, 0.29) is 17.3 Å². The number of imidazole rings is 1. The van der Waals surface area contributed by atoms with E-state index in [0.29, 0.717) is 16.9 Å². The van der Waals surface area contributed by atoms with Crippen LogP contribution in [-0.2, 0) is 26.2 Å². The highest BCUT2D eigenvalue weighted by Crippen LogP contribution is 2.18. The first-order chi connectivity index (χ1) is 15.2. The molecule has 0 spiro atoms. The minimum atomic E-state index is -3.91. The average Bonchev–Trinajstić information content (AvgIpc) is 3.27. The third-order valence-electron chi connectivity index (χ3n) is 4.53. The smallest absolute Gasteiger partial charge is 0.243 e. The summed E-state index contributed by atoms with van der Waals surface area (Å²) in [6, 6.07) is 10.1. The Balaban J connectivity index is 1.58. The lowest BCUT2D eigenvalue weighted by Gasteiger charge is -2.17. The van der Waals surface area contributed by atoms with Gasteiger partial charge in [-0.15, -0.1) is 0 Å². The molecule has 0 fully saturated rings. The molecule has 9 nitrogen and oxygen atoms in total. The standard InChI is InChI=1S/C21H22FN5O4S/c1-15(28)25-17-4-6-18(7-5-17)32(30,31)26(2)13-21(29)24-12-16-3-8-20(19(22)11-16)27-10-9-23-14-27/h3-11,14H,12-13H2,1-2H3,(H,24,29)(H,25,28). The van der Waals surface area contributed by atoms with Crippen molar-refractivity contribution in [2.75, 3.05) is 18.9 Å². The lowest BCUT2D eigenvalue weighted by Crippen LogP contribution is -2.38. The van der Waals surface area contributed by atoms with Crippen LogP contribution in [0.25, 0.3) is 5.69 Å². The summed E-state index contributed by atoms with van der Waals surface area (Å²) in [4.78, 5) is 27.2. The second kappa shape index (κ2) is 9.71. The fraction of sp³-hybridized carbons (Fsp3) is 0.190. The molecule has 32 heavy (non-hydrogen) atoms. The molecule has 0 radical (unpaired) electrons. The van der Waals surface area contributed by atoms with Gasteiger partial charge in [0.15, 0.2) is 0 Å². The molecule has 1 aromatic heterocycles. The zero-order valence-electron chi connectivity index (χ0n) is 17.4. The number of anilines is 1. The number of hydrogen-bond donors (Lipinski definition) is 2. The van der Waals surface area contributed by atoms with Gasteiger partial charge >= 0.3 is 0 Å². The number of hydrogen-bond acceptors (Lipinski definition) is 5. The van der Waals surface area contributed by atoms with Gasteiger partial charge in [0.1, 0.15) is 5.82 Å². The van der Waals surface area contributed by atoms with Gasteiger partial charge in [-0.25, -0.2) is 17.8 Å². The Morgan fingerprint density at radius 2 is 1.88 bits per heavy atom. The zero-order chi connectivity index (χ0) is 23.3. The lowest BCUT2D eigenvalue weighted by molar-refractivity contribution is -0.121. The summed E-state index contributed by atoms with van der Waals surface area (Å²) >= 11 is 0. The summed E-state index contributed by atoms with van der Waals surface area (Å²) in [7, 11) is -2.62. The topological polar surface area (TPSA) is 113 Å². The number of carbonyl (C=O) groups excluding carboxylic acids is 2. The first-order valence-corrected chi connectivity index (χ1v) is 11.0. The van der Waals surface area contributed by atoms with E-state index in [1.807, 2.05) is 0 Å². The lowest BCUT2D eigenvalue weighted by atomic mass is 10.2. The van der Waals surface area contributed by atoms with Crippen LogP contribution in [0.1, 0.15) is 12.5 Å². The zero-order valence-corrected chi connectivity index (χ0v) is 18.3. The second-order valence-electron chi connectivity index (χ2n) is 7.00.